The molecule has 0 aromatic heterocycles. The maximum absolute atomic E-state index is 11.7. The molecule has 3 rings (SSSR count). The van der Waals surface area contributed by atoms with Crippen LogP contribution in [0.5, 0.6) is 0 Å². The van der Waals surface area contributed by atoms with Gasteiger partial charge in [0.2, 0.25) is 0 Å². The molecule has 0 radical (unpaired) electrons. The third kappa shape index (κ3) is 2.45. The Morgan fingerprint density at radius 2 is 1.76 bits per heavy atom. The molecule has 0 aliphatic carbocycles. The van der Waals surface area contributed by atoms with Crippen molar-refractivity contribution < 1.29 is 9.90 Å². The molecule has 0 aliphatic rings. The summed E-state index contributed by atoms with van der Waals surface area (Å²) in [6.07, 6.45) is 0. The highest BCUT2D eigenvalue weighted by Crippen LogP contribution is 2.33. The SMILES string of the molecule is Cc1c(C(=O)O)c(-c2ccccc2)cc2ccc(Br)cc12. The normalized spacial score (nSPS) is 10.8. The van der Waals surface area contributed by atoms with Gasteiger partial charge < -0.3 is 5.11 Å². The standard InChI is InChI=1S/C18H13BrO2/c1-11-15-10-14(19)8-7-13(15)9-16(17(11)18(20)21)12-5-3-2-4-6-12/h2-10H,1H3,(H,20,21). The van der Waals surface area contributed by atoms with Crippen molar-refractivity contribution in [3.63, 3.8) is 0 Å². The van der Waals surface area contributed by atoms with Gasteiger partial charge in [0.15, 0.2) is 0 Å². The Kier molecular flexibility index (Phi) is 3.52. The van der Waals surface area contributed by atoms with Crippen LogP contribution in [0.15, 0.2) is 59.1 Å². The van der Waals surface area contributed by atoms with Gasteiger partial charge in [0.25, 0.3) is 0 Å². The minimum absolute atomic E-state index is 0.367. The summed E-state index contributed by atoms with van der Waals surface area (Å²) in [5.74, 6) is -0.895. The van der Waals surface area contributed by atoms with Crippen LogP contribution in [0.25, 0.3) is 21.9 Å². The van der Waals surface area contributed by atoms with Crippen molar-refractivity contribution in [3.8, 4) is 11.1 Å². The fourth-order valence-electron chi connectivity index (χ4n) is 2.66. The van der Waals surface area contributed by atoms with Crippen molar-refractivity contribution in [3.05, 3.63) is 70.2 Å². The molecule has 1 N–H and O–H groups in total. The number of carboxylic acid groups (broad SMARTS) is 1. The zero-order valence-corrected chi connectivity index (χ0v) is 13.0. The molecule has 0 amide bonds. The third-order valence-corrected chi connectivity index (χ3v) is 4.16. The third-order valence-electron chi connectivity index (χ3n) is 3.66. The smallest absolute Gasteiger partial charge is 0.336 e. The van der Waals surface area contributed by atoms with E-state index < -0.39 is 5.97 Å². The summed E-state index contributed by atoms with van der Waals surface area (Å²) >= 11 is 3.44. The second-order valence-corrected chi connectivity index (χ2v) is 5.88. The predicted octanol–water partition coefficient (Wildman–Crippen LogP) is 5.28. The number of carbonyl (C=O) groups is 1. The molecule has 0 unspecified atom stereocenters. The number of carboxylic acids is 1. The zero-order chi connectivity index (χ0) is 15.0. The maximum atomic E-state index is 11.7. The number of hydrogen-bond acceptors (Lipinski definition) is 1. The molecule has 0 saturated heterocycles. The average Bonchev–Trinajstić information content (AvgIpc) is 2.48. The van der Waals surface area contributed by atoms with E-state index in [1.54, 1.807) is 0 Å². The Balaban J connectivity index is 2.41. The Labute approximate surface area is 131 Å². The second kappa shape index (κ2) is 5.34. The van der Waals surface area contributed by atoms with Gasteiger partial charge in [-0.3, -0.25) is 0 Å². The van der Waals surface area contributed by atoms with Crippen LogP contribution >= 0.6 is 15.9 Å². The Morgan fingerprint density at radius 1 is 1.05 bits per heavy atom. The van der Waals surface area contributed by atoms with Gasteiger partial charge in [-0.1, -0.05) is 52.3 Å². The summed E-state index contributed by atoms with van der Waals surface area (Å²) in [5, 5.41) is 11.6. The predicted molar refractivity (Wildman–Crippen MR) is 88.8 cm³/mol. The summed E-state index contributed by atoms with van der Waals surface area (Å²) in [6, 6.07) is 17.5. The Bertz CT molecular complexity index is 839. The van der Waals surface area contributed by atoms with Gasteiger partial charge in [-0.15, -0.1) is 0 Å². The average molecular weight is 341 g/mol. The van der Waals surface area contributed by atoms with Gasteiger partial charge in [0, 0.05) is 4.47 Å². The zero-order valence-electron chi connectivity index (χ0n) is 11.4. The van der Waals surface area contributed by atoms with Crippen molar-refractivity contribution in [2.75, 3.05) is 0 Å². The van der Waals surface area contributed by atoms with E-state index in [0.717, 1.165) is 31.9 Å². The first-order valence-corrected chi connectivity index (χ1v) is 7.39. The summed E-state index contributed by atoms with van der Waals surface area (Å²) in [6.45, 7) is 1.87. The number of hydrogen-bond donors (Lipinski definition) is 1. The van der Waals surface area contributed by atoms with Crippen LogP contribution < -0.4 is 0 Å². The molecular formula is C18H13BrO2. The molecule has 0 saturated carbocycles. The maximum Gasteiger partial charge on any atom is 0.336 e. The van der Waals surface area contributed by atoms with Crippen LogP contribution in [0.3, 0.4) is 0 Å². The molecule has 0 heterocycles. The molecule has 21 heavy (non-hydrogen) atoms. The molecular weight excluding hydrogens is 328 g/mol. The van der Waals surface area contributed by atoms with Crippen LogP contribution in [0.1, 0.15) is 15.9 Å². The number of fused-ring (bicyclic) bond motifs is 1. The summed E-state index contributed by atoms with van der Waals surface area (Å²) in [7, 11) is 0. The van der Waals surface area contributed by atoms with Crippen LogP contribution in [0.4, 0.5) is 0 Å². The fraction of sp³-hybridized carbons (Fsp3) is 0.0556. The van der Waals surface area contributed by atoms with E-state index in [9.17, 15) is 9.90 Å². The molecule has 0 spiro atoms. The quantitative estimate of drug-likeness (QED) is 0.689. The van der Waals surface area contributed by atoms with Crippen molar-refractivity contribution in [2.24, 2.45) is 0 Å². The number of halogens is 1. The van der Waals surface area contributed by atoms with Crippen LogP contribution in [-0.2, 0) is 0 Å². The lowest BCUT2D eigenvalue weighted by atomic mass is 9.91. The lowest BCUT2D eigenvalue weighted by molar-refractivity contribution is 0.0697. The number of aryl methyl sites for hydroxylation is 1. The lowest BCUT2D eigenvalue weighted by Gasteiger charge is -2.13. The largest absolute Gasteiger partial charge is 0.478 e. The van der Waals surface area contributed by atoms with E-state index in [2.05, 4.69) is 15.9 Å². The Morgan fingerprint density at radius 3 is 2.43 bits per heavy atom. The van der Waals surface area contributed by atoms with Gasteiger partial charge in [-0.2, -0.15) is 0 Å². The Hall–Kier alpha value is -2.13. The number of rotatable bonds is 2. The molecule has 3 aromatic carbocycles. The van der Waals surface area contributed by atoms with Crippen molar-refractivity contribution >= 4 is 32.7 Å². The summed E-state index contributed by atoms with van der Waals surface area (Å²) < 4.78 is 0.946. The molecule has 3 heteroatoms. The highest BCUT2D eigenvalue weighted by molar-refractivity contribution is 9.10. The van der Waals surface area contributed by atoms with Gasteiger partial charge in [-0.05, 0) is 52.6 Å². The topological polar surface area (TPSA) is 37.3 Å². The van der Waals surface area contributed by atoms with E-state index in [0.29, 0.717) is 5.56 Å². The van der Waals surface area contributed by atoms with Gasteiger partial charge in [-0.25, -0.2) is 4.79 Å². The minimum atomic E-state index is -0.895. The summed E-state index contributed by atoms with van der Waals surface area (Å²) in [4.78, 5) is 11.7. The molecule has 2 nitrogen and oxygen atoms in total. The van der Waals surface area contributed by atoms with E-state index in [-0.39, 0.29) is 0 Å². The number of benzene rings is 3. The van der Waals surface area contributed by atoms with E-state index in [4.69, 9.17) is 0 Å². The highest BCUT2D eigenvalue weighted by atomic mass is 79.9. The molecule has 0 bridgehead atoms. The van der Waals surface area contributed by atoms with E-state index >= 15 is 0 Å². The monoisotopic (exact) mass is 340 g/mol. The number of aromatic carboxylic acids is 1. The first kappa shape index (κ1) is 13.8. The van der Waals surface area contributed by atoms with Crippen molar-refractivity contribution in [1.82, 2.24) is 0 Å². The first-order chi connectivity index (χ1) is 10.1. The molecule has 3 aromatic rings. The van der Waals surface area contributed by atoms with Crippen LogP contribution in [-0.4, -0.2) is 11.1 Å². The van der Waals surface area contributed by atoms with Crippen molar-refractivity contribution in [1.29, 1.82) is 0 Å². The first-order valence-electron chi connectivity index (χ1n) is 6.59. The molecule has 104 valence electrons. The second-order valence-electron chi connectivity index (χ2n) is 4.96. The molecule has 0 aliphatic heterocycles. The highest BCUT2D eigenvalue weighted by Gasteiger charge is 2.17. The van der Waals surface area contributed by atoms with Gasteiger partial charge in [0.05, 0.1) is 5.56 Å². The molecule has 0 fully saturated rings. The van der Waals surface area contributed by atoms with Gasteiger partial charge >= 0.3 is 5.97 Å². The fourth-order valence-corrected chi connectivity index (χ4v) is 3.03. The van der Waals surface area contributed by atoms with Crippen LogP contribution in [0, 0.1) is 6.92 Å². The summed E-state index contributed by atoms with van der Waals surface area (Å²) in [5.41, 5.74) is 2.84. The molecule has 0 atom stereocenters. The van der Waals surface area contributed by atoms with Crippen molar-refractivity contribution in [2.45, 2.75) is 6.92 Å². The van der Waals surface area contributed by atoms with Gasteiger partial charge in [0.1, 0.15) is 0 Å². The van der Waals surface area contributed by atoms with E-state index in [1.807, 2.05) is 61.5 Å². The minimum Gasteiger partial charge on any atom is -0.478 e. The van der Waals surface area contributed by atoms with E-state index in [1.165, 1.54) is 0 Å². The lowest BCUT2D eigenvalue weighted by Crippen LogP contribution is -2.03. The van der Waals surface area contributed by atoms with Crippen LogP contribution in [0.2, 0.25) is 0 Å².